The van der Waals surface area contributed by atoms with Crippen LogP contribution in [0.15, 0.2) is 18.3 Å². The molecule has 5 heteroatoms. The fraction of sp³-hybridized carbons (Fsp3) is 0.562. The molecule has 0 radical (unpaired) electrons. The molecule has 1 aliphatic rings. The van der Waals surface area contributed by atoms with E-state index in [0.29, 0.717) is 16.5 Å². The first-order valence-electron chi connectivity index (χ1n) is 7.52. The Hall–Kier alpha value is -1.49. The lowest BCUT2D eigenvalue weighted by Crippen LogP contribution is -2.58. The van der Waals surface area contributed by atoms with Gasteiger partial charge in [0.15, 0.2) is 0 Å². The highest BCUT2D eigenvalue weighted by Crippen LogP contribution is 2.34. The van der Waals surface area contributed by atoms with E-state index in [0.717, 1.165) is 31.4 Å². The number of hydrogen-bond acceptors (Lipinski definition) is 3. The van der Waals surface area contributed by atoms with Gasteiger partial charge >= 0.3 is 0 Å². The molecule has 1 aromatic rings. The lowest BCUT2D eigenvalue weighted by Gasteiger charge is -2.40. The second kappa shape index (κ2) is 6.52. The molecule has 0 spiro atoms. The maximum atomic E-state index is 12.5. The number of rotatable bonds is 4. The zero-order valence-corrected chi connectivity index (χ0v) is 13.5. The van der Waals surface area contributed by atoms with E-state index >= 15 is 0 Å². The van der Waals surface area contributed by atoms with Crippen molar-refractivity contribution in [2.45, 2.75) is 51.5 Å². The van der Waals surface area contributed by atoms with E-state index in [2.05, 4.69) is 17.2 Å². The number of hydrogen-bond donors (Lipinski definition) is 2. The molecule has 1 fully saturated rings. The summed E-state index contributed by atoms with van der Waals surface area (Å²) in [5.41, 5.74) is 6.72. The molecule has 1 amide bonds. The first kappa shape index (κ1) is 15.9. The highest BCUT2D eigenvalue weighted by molar-refractivity contribution is 7.80. The number of aryl methyl sites for hydroxylation is 1. The van der Waals surface area contributed by atoms with Gasteiger partial charge in [0.05, 0.1) is 16.1 Å². The van der Waals surface area contributed by atoms with Crippen LogP contribution in [0.25, 0.3) is 0 Å². The second-order valence-corrected chi connectivity index (χ2v) is 6.33. The normalized spacial score (nSPS) is 25.3. The molecule has 0 atom stereocenters. The van der Waals surface area contributed by atoms with Gasteiger partial charge in [-0.2, -0.15) is 0 Å². The predicted octanol–water partition coefficient (Wildman–Crippen LogP) is 2.74. The quantitative estimate of drug-likeness (QED) is 0.839. The van der Waals surface area contributed by atoms with Gasteiger partial charge in [0, 0.05) is 11.9 Å². The summed E-state index contributed by atoms with van der Waals surface area (Å²) in [6, 6.07) is 3.55. The Morgan fingerprint density at radius 3 is 2.71 bits per heavy atom. The highest BCUT2D eigenvalue weighted by Gasteiger charge is 2.39. The molecule has 2 rings (SSSR count). The Bertz CT molecular complexity index is 536. The standard InChI is InChI=1S/C16H23N3OS/c1-3-12-6-8-16(9-7-12,15(17)21)19-14(20)13-5-4-10-18-11(13)2/h4-5,10,12H,3,6-9H2,1-2H3,(H2,17,21)(H,19,20). The molecule has 0 aromatic carbocycles. The van der Waals surface area contributed by atoms with E-state index in [9.17, 15) is 4.79 Å². The van der Waals surface area contributed by atoms with Gasteiger partial charge in [0.1, 0.15) is 0 Å². The molecule has 21 heavy (non-hydrogen) atoms. The molecular formula is C16H23N3OS. The zero-order chi connectivity index (χ0) is 15.5. The van der Waals surface area contributed by atoms with Crippen LogP contribution in [0.2, 0.25) is 0 Å². The minimum Gasteiger partial charge on any atom is -0.391 e. The monoisotopic (exact) mass is 305 g/mol. The number of nitrogens with zero attached hydrogens (tertiary/aromatic N) is 1. The SMILES string of the molecule is CCC1CCC(NC(=O)c2cccnc2C)(C(N)=S)CC1. The van der Waals surface area contributed by atoms with Crippen LogP contribution in [0.1, 0.15) is 55.1 Å². The Morgan fingerprint density at radius 1 is 1.52 bits per heavy atom. The van der Waals surface area contributed by atoms with Gasteiger partial charge < -0.3 is 11.1 Å². The van der Waals surface area contributed by atoms with Gasteiger partial charge in [0.2, 0.25) is 0 Å². The average molecular weight is 305 g/mol. The van der Waals surface area contributed by atoms with Gasteiger partial charge in [-0.25, -0.2) is 0 Å². The van der Waals surface area contributed by atoms with Crippen molar-refractivity contribution < 1.29 is 4.79 Å². The van der Waals surface area contributed by atoms with Gasteiger partial charge in [-0.3, -0.25) is 9.78 Å². The molecule has 0 bridgehead atoms. The van der Waals surface area contributed by atoms with Crippen molar-refractivity contribution >= 4 is 23.1 Å². The Balaban J connectivity index is 2.16. The van der Waals surface area contributed by atoms with Crippen molar-refractivity contribution in [3.05, 3.63) is 29.6 Å². The summed E-state index contributed by atoms with van der Waals surface area (Å²) in [5.74, 6) is 0.577. The van der Waals surface area contributed by atoms with E-state index < -0.39 is 5.54 Å². The van der Waals surface area contributed by atoms with Crippen molar-refractivity contribution in [1.29, 1.82) is 0 Å². The number of carbonyl (C=O) groups excluding carboxylic acids is 1. The van der Waals surface area contributed by atoms with Crippen molar-refractivity contribution in [1.82, 2.24) is 10.3 Å². The Labute approximate surface area is 131 Å². The van der Waals surface area contributed by atoms with Crippen LogP contribution in [-0.2, 0) is 0 Å². The summed E-state index contributed by atoms with van der Waals surface area (Å²) in [6.45, 7) is 4.03. The van der Waals surface area contributed by atoms with E-state index in [1.807, 2.05) is 6.92 Å². The highest BCUT2D eigenvalue weighted by atomic mass is 32.1. The topological polar surface area (TPSA) is 68.0 Å². The van der Waals surface area contributed by atoms with Crippen LogP contribution in [-0.4, -0.2) is 21.4 Å². The molecule has 0 unspecified atom stereocenters. The van der Waals surface area contributed by atoms with Crippen LogP contribution in [0.3, 0.4) is 0 Å². The second-order valence-electron chi connectivity index (χ2n) is 5.89. The van der Waals surface area contributed by atoms with Crippen LogP contribution in [0, 0.1) is 12.8 Å². The third-order valence-corrected chi connectivity index (χ3v) is 5.00. The fourth-order valence-corrected chi connectivity index (χ4v) is 3.28. The lowest BCUT2D eigenvalue weighted by molar-refractivity contribution is 0.0897. The van der Waals surface area contributed by atoms with E-state index in [1.165, 1.54) is 6.42 Å². The number of amides is 1. The zero-order valence-electron chi connectivity index (χ0n) is 12.7. The molecule has 1 aliphatic carbocycles. The summed E-state index contributed by atoms with van der Waals surface area (Å²) < 4.78 is 0. The summed E-state index contributed by atoms with van der Waals surface area (Å²) >= 11 is 5.25. The Morgan fingerprint density at radius 2 is 2.19 bits per heavy atom. The van der Waals surface area contributed by atoms with E-state index in [-0.39, 0.29) is 5.91 Å². The molecule has 0 aliphatic heterocycles. The number of carbonyl (C=O) groups is 1. The van der Waals surface area contributed by atoms with Crippen molar-refractivity contribution in [3.8, 4) is 0 Å². The van der Waals surface area contributed by atoms with Gasteiger partial charge in [-0.05, 0) is 50.7 Å². The largest absolute Gasteiger partial charge is 0.391 e. The van der Waals surface area contributed by atoms with Crippen LogP contribution < -0.4 is 11.1 Å². The molecule has 1 aromatic heterocycles. The maximum Gasteiger partial charge on any atom is 0.253 e. The molecule has 4 nitrogen and oxygen atoms in total. The molecule has 0 saturated heterocycles. The third kappa shape index (κ3) is 3.40. The average Bonchev–Trinajstić information content (AvgIpc) is 2.48. The van der Waals surface area contributed by atoms with E-state index in [4.69, 9.17) is 18.0 Å². The van der Waals surface area contributed by atoms with Gasteiger partial charge in [-0.15, -0.1) is 0 Å². The van der Waals surface area contributed by atoms with Crippen LogP contribution in [0.5, 0.6) is 0 Å². The van der Waals surface area contributed by atoms with Crippen LogP contribution >= 0.6 is 12.2 Å². The van der Waals surface area contributed by atoms with Gasteiger partial charge in [-0.1, -0.05) is 25.6 Å². The fourth-order valence-electron chi connectivity index (χ4n) is 3.02. The first-order valence-corrected chi connectivity index (χ1v) is 7.93. The molecule has 1 saturated carbocycles. The molecular weight excluding hydrogens is 282 g/mol. The lowest BCUT2D eigenvalue weighted by atomic mass is 9.75. The first-order chi connectivity index (χ1) is 9.98. The number of pyridine rings is 1. The van der Waals surface area contributed by atoms with Crippen molar-refractivity contribution in [2.75, 3.05) is 0 Å². The Kier molecular flexibility index (Phi) is 4.93. The molecule has 114 valence electrons. The molecule has 1 heterocycles. The minimum absolute atomic E-state index is 0.136. The molecule has 3 N–H and O–H groups in total. The number of thiocarbonyl (C=S) groups is 1. The minimum atomic E-state index is -0.541. The van der Waals surface area contributed by atoms with Crippen LogP contribution in [0.4, 0.5) is 0 Å². The predicted molar refractivity (Wildman–Crippen MR) is 88.2 cm³/mol. The number of aromatic nitrogens is 1. The third-order valence-electron chi connectivity index (χ3n) is 4.61. The summed E-state index contributed by atoms with van der Waals surface area (Å²) in [6.07, 6.45) is 6.61. The summed E-state index contributed by atoms with van der Waals surface area (Å²) in [7, 11) is 0. The summed E-state index contributed by atoms with van der Waals surface area (Å²) in [5, 5.41) is 3.09. The number of nitrogens with two attached hydrogens (primary N) is 1. The van der Waals surface area contributed by atoms with Gasteiger partial charge in [0.25, 0.3) is 5.91 Å². The summed E-state index contributed by atoms with van der Waals surface area (Å²) in [4.78, 5) is 17.1. The maximum absolute atomic E-state index is 12.5. The van der Waals surface area contributed by atoms with Crippen molar-refractivity contribution in [3.63, 3.8) is 0 Å². The van der Waals surface area contributed by atoms with E-state index in [1.54, 1.807) is 18.3 Å². The smallest absolute Gasteiger partial charge is 0.253 e. The van der Waals surface area contributed by atoms with Crippen molar-refractivity contribution in [2.24, 2.45) is 11.7 Å². The number of nitrogens with one attached hydrogen (secondary N) is 1.